The van der Waals surface area contributed by atoms with E-state index in [-0.39, 0.29) is 12.8 Å². The summed E-state index contributed by atoms with van der Waals surface area (Å²) >= 11 is 0. The monoisotopic (exact) mass is 348 g/mol. The van der Waals surface area contributed by atoms with E-state index in [1.807, 2.05) is 4.90 Å². The van der Waals surface area contributed by atoms with Crippen molar-refractivity contribution in [2.45, 2.75) is 6.42 Å². The van der Waals surface area contributed by atoms with E-state index in [0.717, 1.165) is 0 Å². The Morgan fingerprint density at radius 2 is 1.62 bits per heavy atom. The first-order valence-corrected chi connectivity index (χ1v) is 10.1. The molecule has 0 aliphatic rings. The number of hydrogen-bond donors (Lipinski definition) is 2. The molecule has 2 N–H and O–H groups in total. The second-order valence-corrected chi connectivity index (χ2v) is 9.20. The minimum absolute atomic E-state index is 0.0662. The van der Waals surface area contributed by atoms with Gasteiger partial charge in [-0.15, -0.1) is 0 Å². The summed E-state index contributed by atoms with van der Waals surface area (Å²) < 4.78 is 31.8. The van der Waals surface area contributed by atoms with Crippen molar-refractivity contribution in [3.05, 3.63) is 0 Å². The van der Waals surface area contributed by atoms with Crippen LogP contribution in [-0.4, -0.2) is 81.9 Å². The lowest BCUT2D eigenvalue weighted by molar-refractivity contribution is 0.213. The molecule has 21 heavy (non-hydrogen) atoms. The third-order valence-electron chi connectivity index (χ3n) is 3.15. The predicted molar refractivity (Wildman–Crippen MR) is 82.7 cm³/mol. The highest BCUT2D eigenvalue weighted by Crippen LogP contribution is 2.55. The molecule has 128 valence electrons. The molecule has 0 aromatic carbocycles. The Hall–Kier alpha value is 0.380. The summed E-state index contributed by atoms with van der Waals surface area (Å²) in [5.41, 5.74) is 0. The molecule has 0 radical (unpaired) electrons. The topological polar surface area (TPSA) is 97.7 Å². The molecule has 0 aromatic rings. The van der Waals surface area contributed by atoms with Crippen molar-refractivity contribution in [3.8, 4) is 0 Å². The van der Waals surface area contributed by atoms with Crippen LogP contribution in [0.25, 0.3) is 0 Å². The fourth-order valence-electron chi connectivity index (χ4n) is 1.68. The van der Waals surface area contributed by atoms with Gasteiger partial charge in [0.2, 0.25) is 0 Å². The number of hydrogen-bond acceptors (Lipinski definition) is 8. The Kier molecular flexibility index (Phi) is 11.2. The van der Waals surface area contributed by atoms with Crippen molar-refractivity contribution >= 4 is 15.5 Å². The predicted octanol–water partition coefficient (Wildman–Crippen LogP) is 1.20. The Labute approximate surface area is 127 Å². The van der Waals surface area contributed by atoms with Crippen molar-refractivity contribution in [3.63, 3.8) is 0 Å². The van der Waals surface area contributed by atoms with Gasteiger partial charge in [0.15, 0.2) is 6.16 Å². The van der Waals surface area contributed by atoms with Gasteiger partial charge < -0.3 is 14.2 Å². The Bertz CT molecular complexity index is 307. The average Bonchev–Trinajstić information content (AvgIpc) is 2.53. The molecular weight excluding hydrogens is 320 g/mol. The summed E-state index contributed by atoms with van der Waals surface area (Å²) in [4.78, 5) is 12.0. The lowest BCUT2D eigenvalue weighted by Crippen LogP contribution is -2.32. The first-order valence-electron chi connectivity index (χ1n) is 6.64. The molecule has 0 spiro atoms. The first-order chi connectivity index (χ1) is 9.88. The van der Waals surface area contributed by atoms with Crippen LogP contribution in [0.3, 0.4) is 0 Å². The molecule has 10 heteroatoms. The van der Waals surface area contributed by atoms with E-state index in [4.69, 9.17) is 23.2 Å². The van der Waals surface area contributed by atoms with Crippen LogP contribution in [-0.2, 0) is 22.7 Å². The summed E-state index contributed by atoms with van der Waals surface area (Å²) in [6, 6.07) is 0. The largest absolute Gasteiger partial charge is 0.409 e. The normalized spacial score (nSPS) is 13.1. The summed E-state index contributed by atoms with van der Waals surface area (Å²) in [5, 5.41) is 8.93. The quantitative estimate of drug-likeness (QED) is 0.479. The number of aliphatic hydroxyl groups excluding tert-OH is 1. The van der Waals surface area contributed by atoms with Gasteiger partial charge in [-0.05, 0) is 6.42 Å². The maximum Gasteiger partial charge on any atom is 0.409 e. The minimum atomic E-state index is -3.07. The van der Waals surface area contributed by atoms with E-state index in [2.05, 4.69) is 0 Å². The van der Waals surface area contributed by atoms with Crippen LogP contribution < -0.4 is 0 Å². The zero-order valence-corrected chi connectivity index (χ0v) is 15.0. The van der Waals surface area contributed by atoms with Gasteiger partial charge in [0.1, 0.15) is 0 Å². The molecule has 0 aliphatic carbocycles. The van der Waals surface area contributed by atoms with Crippen molar-refractivity contribution in [2.75, 3.05) is 67.0 Å². The van der Waals surface area contributed by atoms with Crippen LogP contribution >= 0.6 is 15.5 Å². The van der Waals surface area contributed by atoms with Crippen molar-refractivity contribution in [1.82, 2.24) is 4.90 Å². The Morgan fingerprint density at radius 3 is 2.05 bits per heavy atom. The standard InChI is InChI=1S/C11H28NO7P2/c1-16-20(14,17-2)10-7-12(6-5-9-13)8-11-21(15,18-3)19-4/h13-14H,5-11H2,1-4H3/q+1. The number of rotatable bonds is 13. The highest BCUT2D eigenvalue weighted by atomic mass is 31.2. The first kappa shape index (κ1) is 21.4. The summed E-state index contributed by atoms with van der Waals surface area (Å²) in [5.74, 6) is 0. The molecule has 0 aromatic heterocycles. The van der Waals surface area contributed by atoms with Crippen molar-refractivity contribution < 1.29 is 32.7 Å². The molecule has 0 aliphatic heterocycles. The van der Waals surface area contributed by atoms with Crippen LogP contribution in [0.2, 0.25) is 0 Å². The van der Waals surface area contributed by atoms with Crippen LogP contribution in [0.5, 0.6) is 0 Å². The molecule has 0 saturated carbocycles. The highest BCUT2D eigenvalue weighted by molar-refractivity contribution is 7.60. The third-order valence-corrected chi connectivity index (χ3v) is 6.91. The van der Waals surface area contributed by atoms with Gasteiger partial charge in [0.25, 0.3) is 0 Å². The van der Waals surface area contributed by atoms with Crippen molar-refractivity contribution in [1.29, 1.82) is 0 Å². The second-order valence-electron chi connectivity index (χ2n) is 4.34. The maximum absolute atomic E-state index is 12.0. The van der Waals surface area contributed by atoms with Crippen molar-refractivity contribution in [2.24, 2.45) is 0 Å². The van der Waals surface area contributed by atoms with Gasteiger partial charge >= 0.3 is 15.5 Å². The molecule has 8 nitrogen and oxygen atoms in total. The van der Waals surface area contributed by atoms with Gasteiger partial charge in [-0.2, -0.15) is 13.9 Å². The Morgan fingerprint density at radius 1 is 1.05 bits per heavy atom. The average molecular weight is 348 g/mol. The molecular formula is C11H28NO7P2+. The zero-order valence-electron chi connectivity index (χ0n) is 13.2. The zero-order chi connectivity index (χ0) is 16.4. The third kappa shape index (κ3) is 8.55. The highest BCUT2D eigenvalue weighted by Gasteiger charge is 2.38. The van der Waals surface area contributed by atoms with E-state index in [1.54, 1.807) is 0 Å². The molecule has 0 heterocycles. The number of nitrogens with zero attached hydrogens (tertiary/aromatic N) is 1. The number of aliphatic hydroxyl groups is 1. The summed E-state index contributed by atoms with van der Waals surface area (Å²) in [7, 11) is -0.393. The second kappa shape index (κ2) is 11.0. The van der Waals surface area contributed by atoms with Gasteiger partial charge in [-0.1, -0.05) is 0 Å². The molecule has 0 bridgehead atoms. The minimum Gasteiger partial charge on any atom is -0.396 e. The van der Waals surface area contributed by atoms with Gasteiger partial charge in [0, 0.05) is 40.5 Å². The Balaban J connectivity index is 4.48. The molecule has 0 atom stereocenters. The molecule has 0 rings (SSSR count). The smallest absolute Gasteiger partial charge is 0.396 e. The van der Waals surface area contributed by atoms with Gasteiger partial charge in [-0.25, -0.2) is 0 Å². The lowest BCUT2D eigenvalue weighted by atomic mass is 10.4. The molecule has 0 unspecified atom stereocenters. The lowest BCUT2D eigenvalue weighted by Gasteiger charge is -2.24. The van der Waals surface area contributed by atoms with E-state index >= 15 is 0 Å². The van der Waals surface area contributed by atoms with Gasteiger partial charge in [-0.3, -0.25) is 9.46 Å². The van der Waals surface area contributed by atoms with E-state index in [1.165, 1.54) is 28.4 Å². The summed E-state index contributed by atoms with van der Waals surface area (Å²) in [6.45, 7) is 1.64. The molecule has 0 saturated heterocycles. The van der Waals surface area contributed by atoms with E-state index in [0.29, 0.717) is 32.2 Å². The van der Waals surface area contributed by atoms with Crippen LogP contribution in [0.15, 0.2) is 0 Å². The fraction of sp³-hybridized carbons (Fsp3) is 1.00. The van der Waals surface area contributed by atoms with E-state index < -0.39 is 15.5 Å². The molecule has 0 fully saturated rings. The fourth-order valence-corrected chi connectivity index (χ4v) is 3.77. The van der Waals surface area contributed by atoms with E-state index in [9.17, 15) is 9.46 Å². The van der Waals surface area contributed by atoms with Crippen LogP contribution in [0.4, 0.5) is 0 Å². The SMILES string of the molecule is COP(=O)(CCN(CCCO)CC[P+](O)(OC)OC)OC. The summed E-state index contributed by atoms with van der Waals surface area (Å²) in [6.07, 6.45) is 1.15. The molecule has 0 amide bonds. The van der Waals surface area contributed by atoms with Crippen LogP contribution in [0, 0.1) is 0 Å². The van der Waals surface area contributed by atoms with Gasteiger partial charge in [0.05, 0.1) is 20.4 Å². The van der Waals surface area contributed by atoms with Crippen LogP contribution in [0.1, 0.15) is 6.42 Å². The maximum atomic E-state index is 12.0.